The SMILES string of the molecule is O=C(O)C1CCN(S(=O)(=O)NCc2nc3ccc(Cl)cc3[nH]2)CC1. The van der Waals surface area contributed by atoms with Crippen LogP contribution in [0.1, 0.15) is 18.7 Å². The number of hydrogen-bond acceptors (Lipinski definition) is 4. The van der Waals surface area contributed by atoms with E-state index in [9.17, 15) is 13.2 Å². The number of piperidine rings is 1. The molecular formula is C14H17ClN4O4S. The van der Waals surface area contributed by atoms with Crippen LogP contribution in [0.3, 0.4) is 0 Å². The van der Waals surface area contributed by atoms with Crippen molar-refractivity contribution >= 4 is 38.8 Å². The molecule has 1 aromatic carbocycles. The van der Waals surface area contributed by atoms with Crippen molar-refractivity contribution in [1.29, 1.82) is 0 Å². The molecule has 24 heavy (non-hydrogen) atoms. The molecule has 1 aromatic heterocycles. The van der Waals surface area contributed by atoms with E-state index in [-0.39, 0.29) is 19.6 Å². The number of H-pyrrole nitrogens is 1. The van der Waals surface area contributed by atoms with E-state index in [0.29, 0.717) is 29.2 Å². The van der Waals surface area contributed by atoms with Gasteiger partial charge in [0.2, 0.25) is 0 Å². The van der Waals surface area contributed by atoms with E-state index in [1.165, 1.54) is 4.31 Å². The van der Waals surface area contributed by atoms with Gasteiger partial charge >= 0.3 is 5.97 Å². The van der Waals surface area contributed by atoms with Gasteiger partial charge in [0.25, 0.3) is 10.2 Å². The summed E-state index contributed by atoms with van der Waals surface area (Å²) in [4.78, 5) is 18.2. The Labute approximate surface area is 144 Å². The zero-order valence-electron chi connectivity index (χ0n) is 12.7. The summed E-state index contributed by atoms with van der Waals surface area (Å²) in [7, 11) is -3.67. The number of halogens is 1. The molecular weight excluding hydrogens is 356 g/mol. The second kappa shape index (κ2) is 6.67. The van der Waals surface area contributed by atoms with Crippen molar-refractivity contribution in [3.63, 3.8) is 0 Å². The van der Waals surface area contributed by atoms with Crippen LogP contribution in [0, 0.1) is 5.92 Å². The predicted molar refractivity (Wildman–Crippen MR) is 88.8 cm³/mol. The van der Waals surface area contributed by atoms with E-state index in [0.717, 1.165) is 5.52 Å². The normalized spacial score (nSPS) is 17.4. The third-order valence-electron chi connectivity index (χ3n) is 4.06. The molecule has 1 aliphatic heterocycles. The summed E-state index contributed by atoms with van der Waals surface area (Å²) in [6.45, 7) is 0.414. The summed E-state index contributed by atoms with van der Waals surface area (Å²) in [5.41, 5.74) is 1.44. The summed E-state index contributed by atoms with van der Waals surface area (Å²) < 4.78 is 28.4. The first-order chi connectivity index (χ1) is 11.3. The van der Waals surface area contributed by atoms with Crippen molar-refractivity contribution in [2.75, 3.05) is 13.1 Å². The number of hydrogen-bond donors (Lipinski definition) is 3. The number of nitrogens with one attached hydrogen (secondary N) is 2. The average molecular weight is 373 g/mol. The number of carboxylic acids is 1. The highest BCUT2D eigenvalue weighted by Gasteiger charge is 2.30. The van der Waals surface area contributed by atoms with Gasteiger partial charge in [0.15, 0.2) is 0 Å². The maximum absolute atomic E-state index is 12.3. The number of aliphatic carboxylic acids is 1. The molecule has 0 unspecified atom stereocenters. The van der Waals surface area contributed by atoms with E-state index < -0.39 is 22.1 Å². The molecule has 3 rings (SSSR count). The number of aromatic nitrogens is 2. The van der Waals surface area contributed by atoms with Crippen LogP contribution in [0.5, 0.6) is 0 Å². The first-order valence-corrected chi connectivity index (χ1v) is 9.28. The molecule has 0 aliphatic carbocycles. The highest BCUT2D eigenvalue weighted by atomic mass is 35.5. The number of imidazole rings is 1. The molecule has 0 bridgehead atoms. The molecule has 1 fully saturated rings. The molecule has 0 atom stereocenters. The largest absolute Gasteiger partial charge is 0.481 e. The van der Waals surface area contributed by atoms with Crippen molar-refractivity contribution in [3.8, 4) is 0 Å². The standard InChI is InChI=1S/C14H17ClN4O4S/c15-10-1-2-11-12(7-10)18-13(17-11)8-16-24(22,23)19-5-3-9(4-6-19)14(20)21/h1-2,7,9,16H,3-6,8H2,(H,17,18)(H,20,21). The molecule has 0 radical (unpaired) electrons. The number of carboxylic acid groups (broad SMARTS) is 1. The molecule has 8 nitrogen and oxygen atoms in total. The topological polar surface area (TPSA) is 115 Å². The lowest BCUT2D eigenvalue weighted by Crippen LogP contribution is -2.45. The monoisotopic (exact) mass is 372 g/mol. The second-order valence-corrected chi connectivity index (χ2v) is 7.87. The molecule has 1 saturated heterocycles. The zero-order valence-corrected chi connectivity index (χ0v) is 14.3. The molecule has 10 heteroatoms. The van der Waals surface area contributed by atoms with Crippen LogP contribution in [0.15, 0.2) is 18.2 Å². The Morgan fingerprint density at radius 1 is 1.42 bits per heavy atom. The fraction of sp³-hybridized carbons (Fsp3) is 0.429. The molecule has 0 saturated carbocycles. The van der Waals surface area contributed by atoms with E-state index in [1.807, 2.05) is 0 Å². The summed E-state index contributed by atoms with van der Waals surface area (Å²) >= 11 is 5.91. The van der Waals surface area contributed by atoms with E-state index in [1.54, 1.807) is 18.2 Å². The Morgan fingerprint density at radius 3 is 2.79 bits per heavy atom. The van der Waals surface area contributed by atoms with Gasteiger partial charge in [-0.2, -0.15) is 17.4 Å². The molecule has 2 aromatic rings. The molecule has 130 valence electrons. The van der Waals surface area contributed by atoms with Crippen molar-refractivity contribution in [1.82, 2.24) is 19.0 Å². The number of nitrogens with zero attached hydrogens (tertiary/aromatic N) is 2. The van der Waals surface area contributed by atoms with Crippen molar-refractivity contribution in [2.45, 2.75) is 19.4 Å². The maximum Gasteiger partial charge on any atom is 0.306 e. The van der Waals surface area contributed by atoms with E-state index in [4.69, 9.17) is 16.7 Å². The van der Waals surface area contributed by atoms with Gasteiger partial charge < -0.3 is 10.1 Å². The van der Waals surface area contributed by atoms with Crippen LogP contribution < -0.4 is 4.72 Å². The minimum absolute atomic E-state index is 0.0213. The fourth-order valence-electron chi connectivity index (χ4n) is 2.71. The van der Waals surface area contributed by atoms with Gasteiger partial charge in [0.05, 0.1) is 23.5 Å². The summed E-state index contributed by atoms with van der Waals surface area (Å²) in [6, 6.07) is 5.19. The number of aromatic amines is 1. The lowest BCUT2D eigenvalue weighted by Gasteiger charge is -2.29. The number of fused-ring (bicyclic) bond motifs is 1. The lowest BCUT2D eigenvalue weighted by molar-refractivity contribution is -0.142. The Morgan fingerprint density at radius 2 is 2.12 bits per heavy atom. The highest BCUT2D eigenvalue weighted by molar-refractivity contribution is 7.87. The maximum atomic E-state index is 12.3. The Kier molecular flexibility index (Phi) is 4.77. The van der Waals surface area contributed by atoms with Gasteiger partial charge in [-0.3, -0.25) is 4.79 Å². The van der Waals surface area contributed by atoms with Crippen molar-refractivity contribution in [3.05, 3.63) is 29.0 Å². The molecule has 0 spiro atoms. The van der Waals surface area contributed by atoms with Gasteiger partial charge in [0.1, 0.15) is 5.82 Å². The quantitative estimate of drug-likeness (QED) is 0.732. The van der Waals surface area contributed by atoms with Crippen LogP contribution in [0.2, 0.25) is 5.02 Å². The molecule has 2 heterocycles. The Balaban J connectivity index is 1.63. The Hall–Kier alpha value is -1.68. The van der Waals surface area contributed by atoms with E-state index in [2.05, 4.69) is 14.7 Å². The van der Waals surface area contributed by atoms with Gasteiger partial charge in [0, 0.05) is 18.1 Å². The summed E-state index contributed by atoms with van der Waals surface area (Å²) in [5, 5.41) is 9.53. The third kappa shape index (κ3) is 3.69. The minimum Gasteiger partial charge on any atom is -0.481 e. The average Bonchev–Trinajstić information content (AvgIpc) is 2.95. The summed E-state index contributed by atoms with van der Waals surface area (Å²) in [5.74, 6) is -0.867. The third-order valence-corrected chi connectivity index (χ3v) is 5.85. The molecule has 3 N–H and O–H groups in total. The van der Waals surface area contributed by atoms with Gasteiger partial charge in [-0.05, 0) is 31.0 Å². The van der Waals surface area contributed by atoms with Crippen molar-refractivity contribution < 1.29 is 18.3 Å². The predicted octanol–water partition coefficient (Wildman–Crippen LogP) is 1.35. The van der Waals surface area contributed by atoms with Crippen LogP contribution in [-0.2, 0) is 21.5 Å². The van der Waals surface area contributed by atoms with Gasteiger partial charge in [-0.25, -0.2) is 4.98 Å². The Bertz CT molecular complexity index is 859. The zero-order chi connectivity index (χ0) is 17.3. The smallest absolute Gasteiger partial charge is 0.306 e. The van der Waals surface area contributed by atoms with Gasteiger partial charge in [-0.1, -0.05) is 11.6 Å². The number of benzene rings is 1. The fourth-order valence-corrected chi connectivity index (χ4v) is 4.08. The first-order valence-electron chi connectivity index (χ1n) is 7.47. The van der Waals surface area contributed by atoms with Crippen LogP contribution in [0.4, 0.5) is 0 Å². The highest BCUT2D eigenvalue weighted by Crippen LogP contribution is 2.20. The second-order valence-electron chi connectivity index (χ2n) is 5.68. The minimum atomic E-state index is -3.67. The lowest BCUT2D eigenvalue weighted by atomic mass is 9.99. The number of rotatable bonds is 5. The molecule has 0 amide bonds. The first kappa shape index (κ1) is 17.2. The summed E-state index contributed by atoms with van der Waals surface area (Å²) in [6.07, 6.45) is 0.638. The van der Waals surface area contributed by atoms with Crippen molar-refractivity contribution in [2.24, 2.45) is 5.92 Å². The van der Waals surface area contributed by atoms with Crippen LogP contribution in [0.25, 0.3) is 11.0 Å². The number of carbonyl (C=O) groups is 1. The van der Waals surface area contributed by atoms with Crippen LogP contribution >= 0.6 is 11.6 Å². The van der Waals surface area contributed by atoms with E-state index >= 15 is 0 Å². The van der Waals surface area contributed by atoms with Gasteiger partial charge in [-0.15, -0.1) is 0 Å². The van der Waals surface area contributed by atoms with Crippen LogP contribution in [-0.4, -0.2) is 46.9 Å². The molecule has 1 aliphatic rings.